The molecule has 2 aromatic carbocycles. The number of rotatable bonds is 3. The Labute approximate surface area is 111 Å². The summed E-state index contributed by atoms with van der Waals surface area (Å²) < 4.78 is 11.4. The Morgan fingerprint density at radius 2 is 2.05 bits per heavy atom. The second-order valence-corrected chi connectivity index (χ2v) is 4.55. The van der Waals surface area contributed by atoms with Gasteiger partial charge in [0.15, 0.2) is 0 Å². The highest BCUT2D eigenvalue weighted by Gasteiger charge is 2.23. The van der Waals surface area contributed by atoms with E-state index in [2.05, 4.69) is 6.07 Å². The third kappa shape index (κ3) is 2.29. The van der Waals surface area contributed by atoms with Crippen molar-refractivity contribution >= 4 is 5.69 Å². The molecule has 0 bridgehead atoms. The van der Waals surface area contributed by atoms with Crippen LogP contribution in [-0.2, 0) is 6.42 Å². The van der Waals surface area contributed by atoms with E-state index in [9.17, 15) is 5.11 Å². The molecule has 0 aromatic heterocycles. The monoisotopic (exact) mass is 257 g/mol. The summed E-state index contributed by atoms with van der Waals surface area (Å²) in [7, 11) is 0. The predicted molar refractivity (Wildman–Crippen MR) is 72.6 cm³/mol. The molecule has 3 N–H and O–H groups in total. The number of aromatic hydroxyl groups is 1. The number of nitrogen functional groups attached to an aromatic ring is 1. The number of fused-ring (bicyclic) bond motifs is 1. The van der Waals surface area contributed by atoms with Gasteiger partial charge in [0.1, 0.15) is 35.6 Å². The maximum atomic E-state index is 9.50. The van der Waals surface area contributed by atoms with E-state index in [1.807, 2.05) is 18.2 Å². The van der Waals surface area contributed by atoms with E-state index in [4.69, 9.17) is 15.2 Å². The lowest BCUT2D eigenvalue weighted by atomic mass is 10.1. The molecule has 2 aromatic rings. The molecule has 1 heterocycles. The van der Waals surface area contributed by atoms with Gasteiger partial charge in [-0.2, -0.15) is 0 Å². The van der Waals surface area contributed by atoms with Crippen LogP contribution >= 0.6 is 0 Å². The summed E-state index contributed by atoms with van der Waals surface area (Å²) >= 11 is 0. The minimum atomic E-state index is -0.0147. The van der Waals surface area contributed by atoms with Gasteiger partial charge < -0.3 is 20.3 Å². The number of hydrogen-bond donors (Lipinski definition) is 2. The van der Waals surface area contributed by atoms with E-state index in [0.29, 0.717) is 12.4 Å². The number of hydrogen-bond acceptors (Lipinski definition) is 4. The molecule has 1 aliphatic rings. The molecule has 0 amide bonds. The van der Waals surface area contributed by atoms with Gasteiger partial charge >= 0.3 is 0 Å². The normalized spacial score (nSPS) is 16.7. The van der Waals surface area contributed by atoms with Gasteiger partial charge in [-0.25, -0.2) is 0 Å². The first-order valence-corrected chi connectivity index (χ1v) is 6.19. The van der Waals surface area contributed by atoms with Crippen molar-refractivity contribution in [2.75, 3.05) is 12.3 Å². The first-order valence-electron chi connectivity index (χ1n) is 6.19. The Morgan fingerprint density at radius 3 is 2.89 bits per heavy atom. The highest BCUT2D eigenvalue weighted by atomic mass is 16.5. The third-order valence-electron chi connectivity index (χ3n) is 3.18. The highest BCUT2D eigenvalue weighted by Crippen LogP contribution is 2.32. The van der Waals surface area contributed by atoms with Gasteiger partial charge in [0.05, 0.1) is 0 Å². The smallest absolute Gasteiger partial charge is 0.146 e. The van der Waals surface area contributed by atoms with Gasteiger partial charge in [-0.3, -0.25) is 0 Å². The lowest BCUT2D eigenvalue weighted by Gasteiger charge is -2.14. The van der Waals surface area contributed by atoms with Crippen LogP contribution in [0.2, 0.25) is 0 Å². The molecule has 1 atom stereocenters. The number of para-hydroxylation sites is 2. The molecule has 0 fully saturated rings. The van der Waals surface area contributed by atoms with Crippen LogP contribution in [0, 0.1) is 0 Å². The largest absolute Gasteiger partial charge is 0.506 e. The van der Waals surface area contributed by atoms with E-state index in [-0.39, 0.29) is 17.5 Å². The summed E-state index contributed by atoms with van der Waals surface area (Å²) in [5.41, 5.74) is 7.19. The van der Waals surface area contributed by atoms with Crippen molar-refractivity contribution in [1.29, 1.82) is 0 Å². The summed E-state index contributed by atoms with van der Waals surface area (Å²) in [6.45, 7) is 0.405. The second-order valence-electron chi connectivity index (χ2n) is 4.55. The van der Waals surface area contributed by atoms with Gasteiger partial charge in [-0.1, -0.05) is 24.3 Å². The van der Waals surface area contributed by atoms with Crippen molar-refractivity contribution in [2.45, 2.75) is 12.5 Å². The van der Waals surface area contributed by atoms with Crippen molar-refractivity contribution in [3.8, 4) is 17.2 Å². The van der Waals surface area contributed by atoms with Gasteiger partial charge in [-0.05, 0) is 23.8 Å². The van der Waals surface area contributed by atoms with Crippen LogP contribution in [0.1, 0.15) is 5.56 Å². The van der Waals surface area contributed by atoms with Crippen LogP contribution in [-0.4, -0.2) is 17.8 Å². The van der Waals surface area contributed by atoms with Gasteiger partial charge in [-0.15, -0.1) is 0 Å². The topological polar surface area (TPSA) is 64.7 Å². The molecule has 3 rings (SSSR count). The SMILES string of the molecule is Nc1c(O)cccc1OCC1Cc2ccccc2O1. The standard InChI is InChI=1S/C15H15NO3/c16-15-12(17)5-3-7-14(15)18-9-11-8-10-4-1-2-6-13(10)19-11/h1-7,11,17H,8-9,16H2. The van der Waals surface area contributed by atoms with Crippen molar-refractivity contribution in [3.05, 3.63) is 48.0 Å². The molecule has 0 saturated carbocycles. The van der Waals surface area contributed by atoms with Gasteiger partial charge in [0, 0.05) is 6.42 Å². The second kappa shape index (κ2) is 4.72. The van der Waals surface area contributed by atoms with Gasteiger partial charge in [0.2, 0.25) is 0 Å². The third-order valence-corrected chi connectivity index (χ3v) is 3.18. The molecule has 19 heavy (non-hydrogen) atoms. The highest BCUT2D eigenvalue weighted by molar-refractivity contribution is 5.61. The Kier molecular flexibility index (Phi) is 2.91. The summed E-state index contributed by atoms with van der Waals surface area (Å²) in [5.74, 6) is 1.44. The number of ether oxygens (including phenoxy) is 2. The quantitative estimate of drug-likeness (QED) is 0.654. The van der Waals surface area contributed by atoms with E-state index in [1.54, 1.807) is 12.1 Å². The van der Waals surface area contributed by atoms with Crippen LogP contribution in [0.5, 0.6) is 17.2 Å². The molecule has 0 saturated heterocycles. The lowest BCUT2D eigenvalue weighted by molar-refractivity contribution is 0.149. The molecular weight excluding hydrogens is 242 g/mol. The van der Waals surface area contributed by atoms with Crippen molar-refractivity contribution in [2.24, 2.45) is 0 Å². The molecule has 4 heteroatoms. The van der Waals surface area contributed by atoms with Crippen LogP contribution in [0.3, 0.4) is 0 Å². The lowest BCUT2D eigenvalue weighted by Crippen LogP contribution is -2.22. The van der Waals surface area contributed by atoms with Crippen molar-refractivity contribution < 1.29 is 14.6 Å². The molecule has 0 spiro atoms. The molecule has 0 radical (unpaired) electrons. The average Bonchev–Trinajstić information content (AvgIpc) is 2.83. The first kappa shape index (κ1) is 11.7. The number of benzene rings is 2. The number of phenols is 1. The summed E-state index contributed by atoms with van der Waals surface area (Å²) in [6.07, 6.45) is 0.814. The maximum absolute atomic E-state index is 9.50. The fraction of sp³-hybridized carbons (Fsp3) is 0.200. The zero-order valence-corrected chi connectivity index (χ0v) is 10.4. The van der Waals surface area contributed by atoms with Crippen molar-refractivity contribution in [1.82, 2.24) is 0 Å². The zero-order chi connectivity index (χ0) is 13.2. The molecule has 4 nitrogen and oxygen atoms in total. The van der Waals surface area contributed by atoms with Crippen LogP contribution in [0.25, 0.3) is 0 Å². The first-order chi connectivity index (χ1) is 9.24. The molecule has 1 aliphatic heterocycles. The molecule has 0 aliphatic carbocycles. The average molecular weight is 257 g/mol. The number of nitrogens with two attached hydrogens (primary N) is 1. The van der Waals surface area contributed by atoms with Gasteiger partial charge in [0.25, 0.3) is 0 Å². The fourth-order valence-corrected chi connectivity index (χ4v) is 2.19. The van der Waals surface area contributed by atoms with E-state index in [0.717, 1.165) is 12.2 Å². The summed E-state index contributed by atoms with van der Waals surface area (Å²) in [4.78, 5) is 0. The van der Waals surface area contributed by atoms with E-state index in [1.165, 1.54) is 11.6 Å². The zero-order valence-electron chi connectivity index (χ0n) is 10.4. The predicted octanol–water partition coefficient (Wildman–Crippen LogP) is 2.36. The van der Waals surface area contributed by atoms with E-state index < -0.39 is 0 Å². The summed E-state index contributed by atoms with van der Waals surface area (Å²) in [5, 5.41) is 9.50. The molecule has 1 unspecified atom stereocenters. The van der Waals surface area contributed by atoms with Crippen LogP contribution in [0.4, 0.5) is 5.69 Å². The van der Waals surface area contributed by atoms with E-state index >= 15 is 0 Å². The van der Waals surface area contributed by atoms with Crippen molar-refractivity contribution in [3.63, 3.8) is 0 Å². The fourth-order valence-electron chi connectivity index (χ4n) is 2.19. The maximum Gasteiger partial charge on any atom is 0.146 e. The Morgan fingerprint density at radius 1 is 1.21 bits per heavy atom. The molecule has 98 valence electrons. The minimum Gasteiger partial charge on any atom is -0.506 e. The van der Waals surface area contributed by atoms with Crippen LogP contribution in [0.15, 0.2) is 42.5 Å². The Balaban J connectivity index is 1.64. The number of phenolic OH excluding ortho intramolecular Hbond substituents is 1. The molecular formula is C15H15NO3. The van der Waals surface area contributed by atoms with Crippen LogP contribution < -0.4 is 15.2 Å². The Bertz CT molecular complexity index is 573. The number of anilines is 1. The Hall–Kier alpha value is -2.36. The minimum absolute atomic E-state index is 0.0147. The summed E-state index contributed by atoms with van der Waals surface area (Å²) in [6, 6.07) is 12.9.